The number of aryl methyl sites for hydroxylation is 1. The van der Waals surface area contributed by atoms with Gasteiger partial charge in [-0.25, -0.2) is 0 Å². The molecule has 122 valence electrons. The van der Waals surface area contributed by atoms with E-state index in [0.29, 0.717) is 5.56 Å². The van der Waals surface area contributed by atoms with Crippen LogP contribution < -0.4 is 0 Å². The topological polar surface area (TPSA) is 52.0 Å². The lowest BCUT2D eigenvalue weighted by molar-refractivity contribution is 0.580. The molecule has 0 bridgehead atoms. The number of aromatic nitrogens is 2. The number of unbranched alkanes of at least 4 members (excludes halogenated alkanes) is 4. The summed E-state index contributed by atoms with van der Waals surface area (Å²) in [6.45, 7) is 4.09. The first-order valence-electron chi connectivity index (χ1n) is 7.90. The number of nitrogens with zero attached hydrogens (tertiary/aromatic N) is 2. The zero-order valence-corrected chi connectivity index (χ0v) is 14.4. The molecular weight excluding hydrogens is 308 g/mol. The largest absolute Gasteiger partial charge is 0.282 e. The second-order valence-corrected chi connectivity index (χ2v) is 7.33. The summed E-state index contributed by atoms with van der Waals surface area (Å²) in [5.74, 6) is 6.05. The molecule has 1 aromatic heterocycles. The fourth-order valence-corrected chi connectivity index (χ4v) is 3.24. The zero-order valence-electron chi connectivity index (χ0n) is 13.6. The maximum absolute atomic E-state index is 12.5. The van der Waals surface area contributed by atoms with Gasteiger partial charge in [0, 0.05) is 6.42 Å². The van der Waals surface area contributed by atoms with Gasteiger partial charge in [0.25, 0.3) is 10.0 Å². The van der Waals surface area contributed by atoms with E-state index in [9.17, 15) is 8.42 Å². The highest BCUT2D eigenvalue weighted by Gasteiger charge is 2.17. The third-order valence-corrected chi connectivity index (χ3v) is 5.07. The molecule has 2 rings (SSSR count). The monoisotopic (exact) mass is 330 g/mol. The predicted octanol–water partition coefficient (Wildman–Crippen LogP) is 3.75. The lowest BCUT2D eigenvalue weighted by Crippen LogP contribution is -2.13. The Balaban J connectivity index is 2.06. The molecule has 1 heterocycles. The van der Waals surface area contributed by atoms with E-state index in [0.717, 1.165) is 22.5 Å². The van der Waals surface area contributed by atoms with Crippen molar-refractivity contribution in [1.82, 2.24) is 9.19 Å². The fraction of sp³-hybridized carbons (Fsp3) is 0.389. The minimum atomic E-state index is -3.64. The van der Waals surface area contributed by atoms with Crippen LogP contribution in [0.15, 0.2) is 41.6 Å². The van der Waals surface area contributed by atoms with Gasteiger partial charge in [-0.1, -0.05) is 55.7 Å². The van der Waals surface area contributed by atoms with Crippen LogP contribution in [-0.2, 0) is 10.0 Å². The number of hydrogen-bond acceptors (Lipinski definition) is 3. The summed E-state index contributed by atoms with van der Waals surface area (Å²) in [5, 5.41) is 3.94. The molecule has 5 heteroatoms. The van der Waals surface area contributed by atoms with Crippen molar-refractivity contribution in [3.05, 3.63) is 47.8 Å². The number of hydrogen-bond donors (Lipinski definition) is 0. The summed E-state index contributed by atoms with van der Waals surface area (Å²) in [5.41, 5.74) is 1.63. The molecule has 0 amide bonds. The van der Waals surface area contributed by atoms with Crippen LogP contribution in [0.1, 0.15) is 50.2 Å². The van der Waals surface area contributed by atoms with Crippen molar-refractivity contribution in [3.8, 4) is 11.8 Å². The molecular formula is C18H22N2O2S. The first kappa shape index (κ1) is 17.3. The maximum Gasteiger partial charge on any atom is 0.282 e. The standard InChI is InChI=1S/C18H22N2O2S/c1-3-4-5-6-7-8-9-17-14-19-20(15-17)23(21,22)18-12-10-16(2)11-13-18/h10-15H,3-7H2,1-2H3. The molecule has 0 saturated carbocycles. The molecule has 0 aliphatic rings. The highest BCUT2D eigenvalue weighted by atomic mass is 32.2. The second-order valence-electron chi connectivity index (χ2n) is 5.53. The summed E-state index contributed by atoms with van der Waals surface area (Å²) < 4.78 is 25.9. The van der Waals surface area contributed by atoms with Crippen molar-refractivity contribution in [2.24, 2.45) is 0 Å². The minimum Gasteiger partial charge on any atom is -0.199 e. The van der Waals surface area contributed by atoms with E-state index in [2.05, 4.69) is 23.9 Å². The Labute approximate surface area is 138 Å². The van der Waals surface area contributed by atoms with Gasteiger partial charge in [-0.2, -0.15) is 17.6 Å². The van der Waals surface area contributed by atoms with E-state index in [-0.39, 0.29) is 4.90 Å². The van der Waals surface area contributed by atoms with Crippen molar-refractivity contribution >= 4 is 10.0 Å². The van der Waals surface area contributed by atoms with E-state index in [4.69, 9.17) is 0 Å². The summed E-state index contributed by atoms with van der Waals surface area (Å²) in [6.07, 6.45) is 8.49. The van der Waals surface area contributed by atoms with Crippen LogP contribution >= 0.6 is 0 Å². The molecule has 0 unspecified atom stereocenters. The molecule has 0 aliphatic heterocycles. The molecule has 0 aliphatic carbocycles. The normalized spacial score (nSPS) is 11.0. The van der Waals surface area contributed by atoms with Gasteiger partial charge < -0.3 is 0 Å². The summed E-state index contributed by atoms with van der Waals surface area (Å²) in [7, 11) is -3.64. The van der Waals surface area contributed by atoms with Crippen molar-refractivity contribution in [2.45, 2.75) is 50.8 Å². The Morgan fingerprint density at radius 3 is 2.57 bits per heavy atom. The van der Waals surface area contributed by atoms with Crippen LogP contribution in [0.5, 0.6) is 0 Å². The predicted molar refractivity (Wildman–Crippen MR) is 91.6 cm³/mol. The van der Waals surface area contributed by atoms with E-state index in [1.54, 1.807) is 24.3 Å². The molecule has 0 N–H and O–H groups in total. The lowest BCUT2D eigenvalue weighted by atomic mass is 10.1. The number of rotatable bonds is 6. The maximum atomic E-state index is 12.5. The smallest absolute Gasteiger partial charge is 0.199 e. The Kier molecular flexibility index (Phi) is 6.00. The Morgan fingerprint density at radius 1 is 1.13 bits per heavy atom. The molecule has 23 heavy (non-hydrogen) atoms. The number of benzene rings is 1. The Hall–Kier alpha value is -2.06. The Bertz CT molecular complexity index is 794. The molecule has 0 atom stereocenters. The van der Waals surface area contributed by atoms with Gasteiger partial charge >= 0.3 is 0 Å². The molecule has 2 aromatic rings. The molecule has 0 spiro atoms. The fourth-order valence-electron chi connectivity index (χ4n) is 2.12. The van der Waals surface area contributed by atoms with E-state index >= 15 is 0 Å². The lowest BCUT2D eigenvalue weighted by Gasteiger charge is -2.03. The first-order chi connectivity index (χ1) is 11.0. The van der Waals surface area contributed by atoms with Gasteiger partial charge in [-0.05, 0) is 25.5 Å². The average molecular weight is 330 g/mol. The van der Waals surface area contributed by atoms with E-state index in [1.807, 2.05) is 6.92 Å². The van der Waals surface area contributed by atoms with E-state index < -0.39 is 10.0 Å². The quantitative estimate of drug-likeness (QED) is 0.599. The van der Waals surface area contributed by atoms with Gasteiger partial charge in [0.2, 0.25) is 0 Å². The van der Waals surface area contributed by atoms with Gasteiger partial charge in [-0.3, -0.25) is 0 Å². The van der Waals surface area contributed by atoms with Gasteiger partial charge in [0.05, 0.1) is 22.9 Å². The molecule has 0 radical (unpaired) electrons. The van der Waals surface area contributed by atoms with Crippen molar-refractivity contribution in [2.75, 3.05) is 0 Å². The zero-order chi connectivity index (χ0) is 16.7. The second kappa shape index (κ2) is 7.98. The average Bonchev–Trinajstić information content (AvgIpc) is 3.01. The van der Waals surface area contributed by atoms with Crippen LogP contribution in [0.4, 0.5) is 0 Å². The highest BCUT2D eigenvalue weighted by Crippen LogP contribution is 2.14. The van der Waals surface area contributed by atoms with Crippen LogP contribution in [-0.4, -0.2) is 17.6 Å². The third kappa shape index (κ3) is 4.70. The van der Waals surface area contributed by atoms with Crippen LogP contribution in [0.25, 0.3) is 0 Å². The van der Waals surface area contributed by atoms with E-state index in [1.165, 1.54) is 31.7 Å². The van der Waals surface area contributed by atoms with Crippen LogP contribution in [0.2, 0.25) is 0 Å². The molecule has 4 nitrogen and oxygen atoms in total. The van der Waals surface area contributed by atoms with Crippen LogP contribution in [0.3, 0.4) is 0 Å². The van der Waals surface area contributed by atoms with Crippen molar-refractivity contribution < 1.29 is 8.42 Å². The SMILES string of the molecule is CCCCCCC#Cc1cnn(S(=O)(=O)c2ccc(C)cc2)c1. The molecule has 0 saturated heterocycles. The van der Waals surface area contributed by atoms with Crippen LogP contribution in [0, 0.1) is 18.8 Å². The van der Waals surface area contributed by atoms with Crippen molar-refractivity contribution in [1.29, 1.82) is 0 Å². The Morgan fingerprint density at radius 2 is 1.87 bits per heavy atom. The summed E-state index contributed by atoms with van der Waals surface area (Å²) in [6, 6.07) is 6.72. The van der Waals surface area contributed by atoms with Gasteiger partial charge in [0.1, 0.15) is 0 Å². The van der Waals surface area contributed by atoms with Crippen molar-refractivity contribution in [3.63, 3.8) is 0 Å². The summed E-state index contributed by atoms with van der Waals surface area (Å²) >= 11 is 0. The molecule has 1 aromatic carbocycles. The van der Waals surface area contributed by atoms with Gasteiger partial charge in [-0.15, -0.1) is 0 Å². The third-order valence-electron chi connectivity index (χ3n) is 3.51. The summed E-state index contributed by atoms with van der Waals surface area (Å²) in [4.78, 5) is 0.227. The van der Waals surface area contributed by atoms with Gasteiger partial charge in [0.15, 0.2) is 0 Å². The minimum absolute atomic E-state index is 0.227. The molecule has 0 fully saturated rings. The highest BCUT2D eigenvalue weighted by molar-refractivity contribution is 7.89. The first-order valence-corrected chi connectivity index (χ1v) is 9.34.